The predicted octanol–water partition coefficient (Wildman–Crippen LogP) is 12.7. The number of ether oxygens (including phenoxy) is 4. The van der Waals surface area contributed by atoms with E-state index in [1.165, 1.54) is 57.6 Å². The molecule has 0 aromatic heterocycles. The summed E-state index contributed by atoms with van der Waals surface area (Å²) in [6.07, 6.45) is 21.9. The Kier molecular flexibility index (Phi) is 17.5. The van der Waals surface area contributed by atoms with Gasteiger partial charge in [0, 0.05) is 36.1 Å². The van der Waals surface area contributed by atoms with Gasteiger partial charge in [-0.15, -0.1) is 0 Å². The molecule has 366 valence electrons. The molecule has 68 heavy (non-hydrogen) atoms. The zero-order valence-corrected chi connectivity index (χ0v) is 43.0. The molecule has 0 aromatic carbocycles. The summed E-state index contributed by atoms with van der Waals surface area (Å²) < 4.78 is 23.5. The van der Waals surface area contributed by atoms with Gasteiger partial charge in [0.05, 0.1) is 58.2 Å². The minimum absolute atomic E-state index is 0.00786. The molecule has 6 rings (SSSR count). The summed E-state index contributed by atoms with van der Waals surface area (Å²) in [6.45, 7) is 27.5. The maximum absolute atomic E-state index is 14.2. The zero-order valence-electron chi connectivity index (χ0n) is 43.0. The molecule has 0 spiro atoms. The molecule has 0 radical (unpaired) electrons. The van der Waals surface area contributed by atoms with E-state index >= 15 is 0 Å². The van der Waals surface area contributed by atoms with Gasteiger partial charge in [0.25, 0.3) is 0 Å². The van der Waals surface area contributed by atoms with Crippen molar-refractivity contribution in [2.45, 2.75) is 159 Å². The SMILES string of the molecule is C=CC1=C(C)C2=CC3=NC(=C4C5=NC(=CC6=NC(=CC1=N2)C(C)=C6CC)C(C)=C5C(=O)O[C@]4(OCC)C(=O)OC)[C@@H](CCC(=O)OCC=C(C)CCC[C@H](C)CCC[C@H](C)CCCC(C)C)[C@@H]3C. The molecule has 11 nitrogen and oxygen atoms in total. The number of allylic oxidation sites excluding steroid dienone is 11. The molecular weight excluding hydrogens is 853 g/mol. The maximum atomic E-state index is 14.2. The van der Waals surface area contributed by atoms with Crippen LogP contribution in [0.2, 0.25) is 0 Å². The molecule has 0 saturated carbocycles. The second kappa shape index (κ2) is 22.9. The van der Waals surface area contributed by atoms with Crippen LogP contribution in [0.4, 0.5) is 0 Å². The number of carbonyl (C=O) groups is 3. The van der Waals surface area contributed by atoms with Gasteiger partial charge in [-0.2, -0.15) is 0 Å². The highest BCUT2D eigenvalue weighted by Gasteiger charge is 2.60. The second-order valence-corrected chi connectivity index (χ2v) is 20.0. The molecule has 6 aliphatic rings. The molecule has 0 N–H and O–H groups in total. The average molecular weight is 929 g/mol. The van der Waals surface area contributed by atoms with E-state index in [1.807, 2.05) is 58.1 Å². The van der Waals surface area contributed by atoms with E-state index in [9.17, 15) is 14.4 Å². The molecule has 11 heteroatoms. The van der Waals surface area contributed by atoms with E-state index in [-0.39, 0.29) is 48.4 Å². The first kappa shape index (κ1) is 52.1. The van der Waals surface area contributed by atoms with Crippen LogP contribution in [0.1, 0.15) is 153 Å². The number of cyclic esters (lactones) is 1. The smallest absolute Gasteiger partial charge is 0.385 e. The van der Waals surface area contributed by atoms with Crippen LogP contribution in [0.25, 0.3) is 0 Å². The first-order valence-electron chi connectivity index (χ1n) is 25.3. The molecule has 6 aliphatic heterocycles. The number of rotatable bonds is 22. The van der Waals surface area contributed by atoms with E-state index in [4.69, 9.17) is 38.9 Å². The summed E-state index contributed by atoms with van der Waals surface area (Å²) in [5.41, 5.74) is 10.8. The van der Waals surface area contributed by atoms with Crippen LogP contribution in [-0.4, -0.2) is 66.9 Å². The normalized spacial score (nSPS) is 23.3. The molecule has 1 fully saturated rings. The number of aliphatic imine (C=N–C) groups is 4. The lowest BCUT2D eigenvalue weighted by Crippen LogP contribution is -2.55. The van der Waals surface area contributed by atoms with E-state index in [0.29, 0.717) is 52.8 Å². The van der Waals surface area contributed by atoms with Crippen LogP contribution >= 0.6 is 0 Å². The number of fused-ring (bicyclic) bond motifs is 4. The first-order chi connectivity index (χ1) is 32.5. The van der Waals surface area contributed by atoms with Crippen LogP contribution in [0.5, 0.6) is 0 Å². The minimum atomic E-state index is -2.33. The molecule has 5 atom stereocenters. The highest BCUT2D eigenvalue weighted by atomic mass is 16.7. The number of hydrogen-bond donors (Lipinski definition) is 0. The number of carbonyl (C=O) groups excluding carboxylic acids is 3. The van der Waals surface area contributed by atoms with Crippen molar-refractivity contribution in [1.29, 1.82) is 0 Å². The molecule has 1 saturated heterocycles. The number of methoxy groups -OCH3 is 1. The van der Waals surface area contributed by atoms with Crippen molar-refractivity contribution in [2.24, 2.45) is 49.6 Å². The zero-order chi connectivity index (χ0) is 49.4. The highest BCUT2D eigenvalue weighted by Crippen LogP contribution is 2.48. The molecule has 6 heterocycles. The summed E-state index contributed by atoms with van der Waals surface area (Å²) >= 11 is 0. The van der Waals surface area contributed by atoms with Gasteiger partial charge in [-0.1, -0.05) is 105 Å². The number of nitrogens with zero attached hydrogens (tertiary/aromatic N) is 4. The maximum Gasteiger partial charge on any atom is 0.385 e. The third-order valence-electron chi connectivity index (χ3n) is 14.5. The molecule has 0 aliphatic carbocycles. The topological polar surface area (TPSA) is 138 Å². The Labute approximate surface area is 405 Å². The van der Waals surface area contributed by atoms with Crippen molar-refractivity contribution in [3.8, 4) is 0 Å². The molecule has 8 bridgehead atoms. The summed E-state index contributed by atoms with van der Waals surface area (Å²) in [7, 11) is 1.22. The summed E-state index contributed by atoms with van der Waals surface area (Å²) in [5.74, 6) is -2.82. The van der Waals surface area contributed by atoms with Crippen molar-refractivity contribution in [3.05, 3.63) is 104 Å². The fraction of sp³-hybridized carbons (Fsp3) is 0.561. The monoisotopic (exact) mass is 929 g/mol. The van der Waals surface area contributed by atoms with Crippen LogP contribution in [-0.2, 0) is 33.3 Å². The van der Waals surface area contributed by atoms with Gasteiger partial charge in [0.1, 0.15) is 6.61 Å². The standard InChI is InChI=1S/C57H76N4O7/c1-14-41-37(9)44-30-46-39(11)43(26-27-50(62)66-29-28-36(8)25-19-24-35(7)23-18-22-34(6)21-17-20-33(4)5)53(60-46)52-54-51(55(63)68-57(52,67-16-3)56(64)65-13)40(12)47(61-54)32-49-42(15-2)38(10)45(59-49)31-48(41)58-44/h14,28,30-35,39,43H,1,15-27,29H2,2-13H3/t34-,35-,39+,43+,57+/m1/s1. The summed E-state index contributed by atoms with van der Waals surface area (Å²) in [5, 5.41) is 0. The van der Waals surface area contributed by atoms with Gasteiger partial charge >= 0.3 is 23.7 Å². The average Bonchev–Trinajstić information content (AvgIpc) is 3.97. The van der Waals surface area contributed by atoms with Crippen molar-refractivity contribution in [1.82, 2.24) is 0 Å². The van der Waals surface area contributed by atoms with Crippen LogP contribution in [0.15, 0.2) is 124 Å². The second-order valence-electron chi connectivity index (χ2n) is 20.0. The Morgan fingerprint density at radius 3 is 2.12 bits per heavy atom. The fourth-order valence-corrected chi connectivity index (χ4v) is 10.3. The minimum Gasteiger partial charge on any atom is -0.464 e. The van der Waals surface area contributed by atoms with Crippen molar-refractivity contribution >= 4 is 40.8 Å². The van der Waals surface area contributed by atoms with Gasteiger partial charge in [-0.3, -0.25) is 9.79 Å². The van der Waals surface area contributed by atoms with Crippen LogP contribution in [0.3, 0.4) is 0 Å². The Bertz CT molecular complexity index is 2440. The molecular formula is C57H76N4O7. The third kappa shape index (κ3) is 11.2. The Morgan fingerprint density at radius 2 is 1.47 bits per heavy atom. The third-order valence-corrected chi connectivity index (χ3v) is 14.5. The van der Waals surface area contributed by atoms with Gasteiger partial charge in [0.2, 0.25) is 0 Å². The van der Waals surface area contributed by atoms with E-state index < -0.39 is 23.6 Å². The lowest BCUT2D eigenvalue weighted by atomic mass is 9.80. The van der Waals surface area contributed by atoms with Crippen molar-refractivity contribution < 1.29 is 33.3 Å². The lowest BCUT2D eigenvalue weighted by molar-refractivity contribution is -0.225. The molecule has 0 amide bonds. The Morgan fingerprint density at radius 1 is 0.838 bits per heavy atom. The lowest BCUT2D eigenvalue weighted by Gasteiger charge is -2.37. The molecule has 0 aromatic rings. The van der Waals surface area contributed by atoms with Gasteiger partial charge < -0.3 is 18.9 Å². The number of hydrogen-bond acceptors (Lipinski definition) is 11. The van der Waals surface area contributed by atoms with E-state index in [1.54, 1.807) is 6.92 Å². The molecule has 0 unspecified atom stereocenters. The fourth-order valence-electron chi connectivity index (χ4n) is 10.3. The van der Waals surface area contributed by atoms with Crippen LogP contribution < -0.4 is 0 Å². The van der Waals surface area contributed by atoms with Gasteiger partial charge in [-0.05, 0) is 125 Å². The van der Waals surface area contributed by atoms with E-state index in [0.717, 1.165) is 58.4 Å². The summed E-state index contributed by atoms with van der Waals surface area (Å²) in [6, 6.07) is 0. The van der Waals surface area contributed by atoms with Crippen molar-refractivity contribution in [2.75, 3.05) is 20.3 Å². The van der Waals surface area contributed by atoms with Gasteiger partial charge in [-0.25, -0.2) is 24.6 Å². The predicted molar refractivity (Wildman–Crippen MR) is 273 cm³/mol. The Hall–Kier alpha value is -5.29. The van der Waals surface area contributed by atoms with Gasteiger partial charge in [0.15, 0.2) is 0 Å². The first-order valence-corrected chi connectivity index (χ1v) is 25.3. The van der Waals surface area contributed by atoms with Crippen molar-refractivity contribution in [3.63, 3.8) is 0 Å². The highest BCUT2D eigenvalue weighted by molar-refractivity contribution is 6.34. The Balaban J connectivity index is 1.27. The van der Waals surface area contributed by atoms with E-state index in [2.05, 4.69) is 48.1 Å². The quantitative estimate of drug-likeness (QED) is 0.0598. The summed E-state index contributed by atoms with van der Waals surface area (Å²) in [4.78, 5) is 62.5. The number of esters is 3. The van der Waals surface area contributed by atoms with Crippen LogP contribution in [0, 0.1) is 29.6 Å². The largest absolute Gasteiger partial charge is 0.464 e.